The van der Waals surface area contributed by atoms with Gasteiger partial charge in [-0.3, -0.25) is 0 Å². The van der Waals surface area contributed by atoms with Crippen LogP contribution in [-0.4, -0.2) is 0 Å². The molecule has 78 valence electrons. The number of rotatable bonds is 1. The Labute approximate surface area is 98.2 Å². The highest BCUT2D eigenvalue weighted by atomic mass is 32.1. The summed E-state index contributed by atoms with van der Waals surface area (Å²) in [7, 11) is 0. The van der Waals surface area contributed by atoms with E-state index in [-0.39, 0.29) is 0 Å². The quantitative estimate of drug-likeness (QED) is 0.661. The van der Waals surface area contributed by atoms with E-state index in [1.54, 1.807) is 11.3 Å². The smallest absolute Gasteiger partial charge is 0.0936 e. The zero-order valence-electron chi connectivity index (χ0n) is 8.68. The lowest BCUT2D eigenvalue weighted by molar-refractivity contribution is 1.71. The molecule has 3 aromatic rings. The highest BCUT2D eigenvalue weighted by Crippen LogP contribution is 2.35. The lowest BCUT2D eigenvalue weighted by Gasteiger charge is -2.05. The van der Waals surface area contributed by atoms with Gasteiger partial charge in [-0.15, -0.1) is 11.3 Å². The number of thiophene rings is 1. The minimum atomic E-state index is 0.886. The van der Waals surface area contributed by atoms with Crippen LogP contribution in [0, 0.1) is 0 Å². The number of benzene rings is 2. The lowest BCUT2D eigenvalue weighted by Crippen LogP contribution is -1.84. The van der Waals surface area contributed by atoms with E-state index in [1.807, 2.05) is 5.38 Å². The van der Waals surface area contributed by atoms with E-state index in [0.29, 0.717) is 0 Å². The predicted octanol–water partition coefficient (Wildman–Crippen LogP) is 4.15. The molecule has 0 atom stereocenters. The Hall–Kier alpha value is -1.80. The number of fused-ring (bicyclic) bond motifs is 1. The minimum Gasteiger partial charge on any atom is -0.390 e. The fraction of sp³-hybridized carbons (Fsp3) is 0. The molecule has 0 aliphatic heterocycles. The van der Waals surface area contributed by atoms with E-state index < -0.39 is 0 Å². The fourth-order valence-corrected chi connectivity index (χ4v) is 2.66. The molecule has 1 heterocycles. The zero-order chi connectivity index (χ0) is 11.0. The van der Waals surface area contributed by atoms with E-state index >= 15 is 0 Å². The van der Waals surface area contributed by atoms with Crippen LogP contribution in [0.1, 0.15) is 0 Å². The first kappa shape index (κ1) is 9.43. The van der Waals surface area contributed by atoms with Crippen molar-refractivity contribution in [2.24, 2.45) is 0 Å². The molecule has 1 nitrogen and oxygen atoms in total. The van der Waals surface area contributed by atoms with Gasteiger partial charge in [0, 0.05) is 5.56 Å². The third-order valence-corrected chi connectivity index (χ3v) is 3.52. The number of anilines is 1. The lowest BCUT2D eigenvalue weighted by atomic mass is 10.00. The summed E-state index contributed by atoms with van der Waals surface area (Å²) in [5.74, 6) is 0. The van der Waals surface area contributed by atoms with Crippen molar-refractivity contribution in [2.75, 3.05) is 5.73 Å². The second-order valence-electron chi connectivity index (χ2n) is 3.73. The van der Waals surface area contributed by atoms with E-state index in [0.717, 1.165) is 10.6 Å². The van der Waals surface area contributed by atoms with Crippen LogP contribution in [0.25, 0.3) is 21.9 Å². The van der Waals surface area contributed by atoms with Crippen molar-refractivity contribution in [3.63, 3.8) is 0 Å². The molecule has 2 heteroatoms. The molecule has 0 aliphatic carbocycles. The van der Waals surface area contributed by atoms with Gasteiger partial charge in [-0.25, -0.2) is 0 Å². The van der Waals surface area contributed by atoms with Crippen LogP contribution >= 0.6 is 11.3 Å². The predicted molar refractivity (Wildman–Crippen MR) is 71.7 cm³/mol. The van der Waals surface area contributed by atoms with Crippen molar-refractivity contribution in [1.82, 2.24) is 0 Å². The van der Waals surface area contributed by atoms with E-state index in [4.69, 9.17) is 5.73 Å². The Kier molecular flexibility index (Phi) is 2.15. The Balaban J connectivity index is 2.36. The van der Waals surface area contributed by atoms with Crippen molar-refractivity contribution in [3.05, 3.63) is 53.9 Å². The molecular formula is C14H11NS. The third kappa shape index (κ3) is 1.39. The normalized spacial score (nSPS) is 10.8. The summed E-state index contributed by atoms with van der Waals surface area (Å²) in [5.41, 5.74) is 8.34. The largest absolute Gasteiger partial charge is 0.390 e. The molecule has 0 aliphatic rings. The van der Waals surface area contributed by atoms with Crippen LogP contribution in [0.2, 0.25) is 0 Å². The third-order valence-electron chi connectivity index (χ3n) is 2.77. The van der Waals surface area contributed by atoms with E-state index in [2.05, 4.69) is 48.5 Å². The maximum atomic E-state index is 5.98. The Morgan fingerprint density at radius 2 is 1.62 bits per heavy atom. The highest BCUT2D eigenvalue weighted by molar-refractivity contribution is 7.14. The SMILES string of the molecule is Nc1sccc1-c1cccc2ccccc12. The van der Waals surface area contributed by atoms with Crippen LogP contribution in [0.4, 0.5) is 5.00 Å². The highest BCUT2D eigenvalue weighted by Gasteiger charge is 2.06. The van der Waals surface area contributed by atoms with Gasteiger partial charge < -0.3 is 5.73 Å². The van der Waals surface area contributed by atoms with Gasteiger partial charge in [-0.2, -0.15) is 0 Å². The molecule has 2 N–H and O–H groups in total. The van der Waals surface area contributed by atoms with Gasteiger partial charge in [-0.05, 0) is 27.8 Å². The molecule has 2 aromatic carbocycles. The van der Waals surface area contributed by atoms with Crippen LogP contribution < -0.4 is 5.73 Å². The van der Waals surface area contributed by atoms with Gasteiger partial charge in [0.15, 0.2) is 0 Å². The summed E-state index contributed by atoms with van der Waals surface area (Å²) in [6.07, 6.45) is 0. The standard InChI is InChI=1S/C14H11NS/c15-14-13(8-9-16-14)12-7-3-5-10-4-1-2-6-11(10)12/h1-9H,15H2. The average molecular weight is 225 g/mol. The van der Waals surface area contributed by atoms with Crippen molar-refractivity contribution in [2.45, 2.75) is 0 Å². The number of hydrogen-bond acceptors (Lipinski definition) is 2. The molecule has 0 radical (unpaired) electrons. The molecule has 0 unspecified atom stereocenters. The van der Waals surface area contributed by atoms with Crippen LogP contribution in [0.15, 0.2) is 53.9 Å². The average Bonchev–Trinajstić information content (AvgIpc) is 2.75. The van der Waals surface area contributed by atoms with Crippen molar-refractivity contribution in [1.29, 1.82) is 0 Å². The van der Waals surface area contributed by atoms with Crippen LogP contribution in [0.3, 0.4) is 0 Å². The molecule has 0 saturated heterocycles. The molecule has 0 fully saturated rings. The van der Waals surface area contributed by atoms with Crippen molar-refractivity contribution in [3.8, 4) is 11.1 Å². The summed E-state index contributed by atoms with van der Waals surface area (Å²) in [6.45, 7) is 0. The van der Waals surface area contributed by atoms with Crippen molar-refractivity contribution >= 4 is 27.1 Å². The molecule has 1 aromatic heterocycles. The minimum absolute atomic E-state index is 0.886. The van der Waals surface area contributed by atoms with Gasteiger partial charge in [-0.1, -0.05) is 42.5 Å². The molecular weight excluding hydrogens is 214 g/mol. The van der Waals surface area contributed by atoms with Gasteiger partial charge in [0.25, 0.3) is 0 Å². The summed E-state index contributed by atoms with van der Waals surface area (Å²) >= 11 is 1.59. The molecule has 0 spiro atoms. The Morgan fingerprint density at radius 3 is 2.44 bits per heavy atom. The topological polar surface area (TPSA) is 26.0 Å². The summed E-state index contributed by atoms with van der Waals surface area (Å²) < 4.78 is 0. The Bertz CT molecular complexity index is 635. The number of hydrogen-bond donors (Lipinski definition) is 1. The number of nitrogen functional groups attached to an aromatic ring is 1. The second kappa shape index (κ2) is 3.65. The van der Waals surface area contributed by atoms with E-state index in [9.17, 15) is 0 Å². The maximum absolute atomic E-state index is 5.98. The first-order valence-electron chi connectivity index (χ1n) is 5.17. The summed E-state index contributed by atoms with van der Waals surface area (Å²) in [4.78, 5) is 0. The van der Waals surface area contributed by atoms with Gasteiger partial charge in [0.05, 0.1) is 5.00 Å². The molecule has 16 heavy (non-hydrogen) atoms. The summed E-state index contributed by atoms with van der Waals surface area (Å²) in [6, 6.07) is 16.8. The molecule has 3 rings (SSSR count). The first-order chi connectivity index (χ1) is 7.86. The number of nitrogens with two attached hydrogens (primary N) is 1. The van der Waals surface area contributed by atoms with E-state index in [1.165, 1.54) is 16.3 Å². The molecule has 0 bridgehead atoms. The zero-order valence-corrected chi connectivity index (χ0v) is 9.50. The maximum Gasteiger partial charge on any atom is 0.0936 e. The Morgan fingerprint density at radius 1 is 0.812 bits per heavy atom. The van der Waals surface area contributed by atoms with Gasteiger partial charge in [0.2, 0.25) is 0 Å². The second-order valence-corrected chi connectivity index (χ2v) is 4.67. The van der Waals surface area contributed by atoms with Gasteiger partial charge >= 0.3 is 0 Å². The monoisotopic (exact) mass is 225 g/mol. The molecule has 0 saturated carbocycles. The van der Waals surface area contributed by atoms with Crippen LogP contribution in [0.5, 0.6) is 0 Å². The summed E-state index contributed by atoms with van der Waals surface area (Å²) in [5, 5.41) is 5.43. The molecule has 0 amide bonds. The fourth-order valence-electron chi connectivity index (χ4n) is 2.00. The van der Waals surface area contributed by atoms with Gasteiger partial charge in [0.1, 0.15) is 0 Å². The van der Waals surface area contributed by atoms with Crippen LogP contribution in [-0.2, 0) is 0 Å². The van der Waals surface area contributed by atoms with Crippen molar-refractivity contribution < 1.29 is 0 Å². The first-order valence-corrected chi connectivity index (χ1v) is 6.05.